The highest BCUT2D eigenvalue weighted by atomic mass is 16.3. The summed E-state index contributed by atoms with van der Waals surface area (Å²) in [6, 6.07) is 6.13. The molecule has 1 aromatic heterocycles. The van der Waals surface area contributed by atoms with Gasteiger partial charge in [-0.2, -0.15) is 5.10 Å². The Bertz CT molecular complexity index is 677. The van der Waals surface area contributed by atoms with Gasteiger partial charge in [0.1, 0.15) is 5.75 Å². The van der Waals surface area contributed by atoms with Gasteiger partial charge in [-0.1, -0.05) is 47.6 Å². The maximum atomic E-state index is 10.8. The molecule has 2 rings (SSSR count). The zero-order valence-electron chi connectivity index (χ0n) is 15.1. The summed E-state index contributed by atoms with van der Waals surface area (Å²) in [6.07, 6.45) is 3.78. The summed E-state index contributed by atoms with van der Waals surface area (Å²) < 4.78 is 1.86. The van der Waals surface area contributed by atoms with E-state index in [4.69, 9.17) is 0 Å². The van der Waals surface area contributed by atoms with Gasteiger partial charge < -0.3 is 5.11 Å². The van der Waals surface area contributed by atoms with E-state index < -0.39 is 0 Å². The molecule has 1 N–H and O–H groups in total. The van der Waals surface area contributed by atoms with Gasteiger partial charge in [0.25, 0.3) is 0 Å². The SMILES string of the molecule is C=CCn1ccc(-c2cc(C(C)(C)C)c(O)c(C(C)(C)C)c2)n1. The maximum Gasteiger partial charge on any atom is 0.123 e. The lowest BCUT2D eigenvalue weighted by Crippen LogP contribution is -2.17. The Morgan fingerprint density at radius 3 is 2.04 bits per heavy atom. The number of aromatic nitrogens is 2. The van der Waals surface area contributed by atoms with Crippen molar-refractivity contribution in [2.45, 2.75) is 58.9 Å². The van der Waals surface area contributed by atoms with Gasteiger partial charge in [-0.15, -0.1) is 6.58 Å². The van der Waals surface area contributed by atoms with Gasteiger partial charge in [-0.25, -0.2) is 0 Å². The minimum atomic E-state index is -0.135. The highest BCUT2D eigenvalue weighted by molar-refractivity contribution is 5.66. The van der Waals surface area contributed by atoms with Crippen molar-refractivity contribution in [1.29, 1.82) is 0 Å². The first kappa shape index (κ1) is 17.3. The van der Waals surface area contributed by atoms with Gasteiger partial charge in [0.05, 0.1) is 12.2 Å². The molecule has 124 valence electrons. The third-order valence-corrected chi connectivity index (χ3v) is 3.98. The van der Waals surface area contributed by atoms with Crippen molar-refractivity contribution in [3.05, 3.63) is 48.2 Å². The highest BCUT2D eigenvalue weighted by Gasteiger charge is 2.27. The van der Waals surface area contributed by atoms with Crippen molar-refractivity contribution < 1.29 is 5.11 Å². The van der Waals surface area contributed by atoms with Crippen molar-refractivity contribution in [3.8, 4) is 17.0 Å². The topological polar surface area (TPSA) is 38.0 Å². The van der Waals surface area contributed by atoms with E-state index in [1.807, 2.05) is 23.0 Å². The molecule has 3 heteroatoms. The van der Waals surface area contributed by atoms with Crippen LogP contribution in [0.15, 0.2) is 37.1 Å². The first-order valence-corrected chi connectivity index (χ1v) is 8.06. The Labute approximate surface area is 139 Å². The molecule has 0 bridgehead atoms. The van der Waals surface area contributed by atoms with Gasteiger partial charge in [0.2, 0.25) is 0 Å². The van der Waals surface area contributed by atoms with E-state index in [1.54, 1.807) is 0 Å². The van der Waals surface area contributed by atoms with Crippen molar-refractivity contribution >= 4 is 0 Å². The summed E-state index contributed by atoms with van der Waals surface area (Å²) >= 11 is 0. The van der Waals surface area contributed by atoms with Crippen molar-refractivity contribution in [2.75, 3.05) is 0 Å². The minimum Gasteiger partial charge on any atom is -0.507 e. The number of phenols is 1. The largest absolute Gasteiger partial charge is 0.507 e. The standard InChI is InChI=1S/C20H28N2O/c1-8-10-22-11-9-17(21-22)14-12-15(19(2,3)4)18(23)16(13-14)20(5,6)7/h8-9,11-13,23H,1,10H2,2-7H3. The predicted molar refractivity (Wildman–Crippen MR) is 96.9 cm³/mol. The second-order valence-corrected chi connectivity index (χ2v) is 8.13. The molecule has 0 amide bonds. The Balaban J connectivity index is 2.66. The molecular weight excluding hydrogens is 284 g/mol. The van der Waals surface area contributed by atoms with E-state index in [-0.39, 0.29) is 10.8 Å². The van der Waals surface area contributed by atoms with Crippen LogP contribution in [-0.4, -0.2) is 14.9 Å². The number of aromatic hydroxyl groups is 1. The maximum absolute atomic E-state index is 10.8. The Hall–Kier alpha value is -2.03. The third kappa shape index (κ3) is 3.66. The molecule has 0 aliphatic rings. The smallest absolute Gasteiger partial charge is 0.123 e. The van der Waals surface area contributed by atoms with E-state index in [1.165, 1.54) is 0 Å². The van der Waals surface area contributed by atoms with Crippen LogP contribution >= 0.6 is 0 Å². The second-order valence-electron chi connectivity index (χ2n) is 8.13. The van der Waals surface area contributed by atoms with E-state index in [0.29, 0.717) is 12.3 Å². The third-order valence-electron chi connectivity index (χ3n) is 3.98. The molecule has 0 aliphatic heterocycles. The average molecular weight is 312 g/mol. The van der Waals surface area contributed by atoms with Crippen LogP contribution in [0.1, 0.15) is 52.7 Å². The molecule has 0 aliphatic carbocycles. The quantitative estimate of drug-likeness (QED) is 0.807. The van der Waals surface area contributed by atoms with Crippen LogP contribution in [0.4, 0.5) is 0 Å². The van der Waals surface area contributed by atoms with Crippen LogP contribution in [0, 0.1) is 0 Å². The van der Waals surface area contributed by atoms with Crippen LogP contribution in [-0.2, 0) is 17.4 Å². The number of hydrogen-bond acceptors (Lipinski definition) is 2. The molecular formula is C20H28N2O. The fraction of sp³-hybridized carbons (Fsp3) is 0.450. The summed E-state index contributed by atoms with van der Waals surface area (Å²) in [7, 11) is 0. The number of allylic oxidation sites excluding steroid dienone is 1. The molecule has 0 unspecified atom stereocenters. The second kappa shape index (κ2) is 5.88. The minimum absolute atomic E-state index is 0.135. The van der Waals surface area contributed by atoms with Crippen LogP contribution in [0.3, 0.4) is 0 Å². The zero-order chi connectivity index (χ0) is 17.4. The molecule has 0 atom stereocenters. The number of hydrogen-bond donors (Lipinski definition) is 1. The number of benzene rings is 1. The summed E-state index contributed by atoms with van der Waals surface area (Å²) in [4.78, 5) is 0. The zero-order valence-corrected chi connectivity index (χ0v) is 15.1. The lowest BCUT2D eigenvalue weighted by atomic mass is 9.78. The van der Waals surface area contributed by atoms with Crippen LogP contribution < -0.4 is 0 Å². The number of nitrogens with zero attached hydrogens (tertiary/aromatic N) is 2. The Morgan fingerprint density at radius 2 is 1.61 bits per heavy atom. The molecule has 0 saturated heterocycles. The van der Waals surface area contributed by atoms with Crippen LogP contribution in [0.25, 0.3) is 11.3 Å². The normalized spacial score (nSPS) is 12.4. The van der Waals surface area contributed by atoms with Gasteiger partial charge in [0, 0.05) is 22.9 Å². The highest BCUT2D eigenvalue weighted by Crippen LogP contribution is 2.41. The number of phenolic OH excluding ortho intramolecular Hbond substituents is 1. The molecule has 0 saturated carbocycles. The first-order chi connectivity index (χ1) is 10.5. The monoisotopic (exact) mass is 312 g/mol. The van der Waals surface area contributed by atoms with E-state index in [2.05, 4.69) is 65.4 Å². The molecule has 2 aromatic rings. The average Bonchev–Trinajstić information content (AvgIpc) is 2.85. The van der Waals surface area contributed by atoms with Crippen molar-refractivity contribution in [3.63, 3.8) is 0 Å². The molecule has 0 spiro atoms. The van der Waals surface area contributed by atoms with Gasteiger partial charge in [-0.05, 0) is 29.0 Å². The summed E-state index contributed by atoms with van der Waals surface area (Å²) in [5.41, 5.74) is 3.60. The fourth-order valence-corrected chi connectivity index (χ4v) is 2.68. The lowest BCUT2D eigenvalue weighted by Gasteiger charge is -2.28. The Morgan fingerprint density at radius 1 is 1.09 bits per heavy atom. The molecule has 1 aromatic carbocycles. The van der Waals surface area contributed by atoms with Gasteiger partial charge in [-0.3, -0.25) is 4.68 Å². The predicted octanol–water partition coefficient (Wildman–Crippen LogP) is 5.04. The Kier molecular flexibility index (Phi) is 4.43. The molecule has 0 fully saturated rings. The summed E-state index contributed by atoms with van der Waals surface area (Å²) in [6.45, 7) is 17.2. The molecule has 0 radical (unpaired) electrons. The van der Waals surface area contributed by atoms with E-state index in [0.717, 1.165) is 22.4 Å². The number of rotatable bonds is 3. The summed E-state index contributed by atoms with van der Waals surface area (Å²) in [5, 5.41) is 15.4. The van der Waals surface area contributed by atoms with Gasteiger partial charge >= 0.3 is 0 Å². The van der Waals surface area contributed by atoms with Crippen molar-refractivity contribution in [2.24, 2.45) is 0 Å². The summed E-state index contributed by atoms with van der Waals surface area (Å²) in [5.74, 6) is 0.402. The molecule has 3 nitrogen and oxygen atoms in total. The van der Waals surface area contributed by atoms with E-state index in [9.17, 15) is 5.11 Å². The van der Waals surface area contributed by atoms with Crippen LogP contribution in [0.2, 0.25) is 0 Å². The van der Waals surface area contributed by atoms with Crippen molar-refractivity contribution in [1.82, 2.24) is 9.78 Å². The van der Waals surface area contributed by atoms with Crippen LogP contribution in [0.5, 0.6) is 5.75 Å². The van der Waals surface area contributed by atoms with E-state index >= 15 is 0 Å². The molecule has 1 heterocycles. The fourth-order valence-electron chi connectivity index (χ4n) is 2.68. The molecule has 23 heavy (non-hydrogen) atoms. The van der Waals surface area contributed by atoms with Gasteiger partial charge in [0.15, 0.2) is 0 Å². The lowest BCUT2D eigenvalue weighted by molar-refractivity contribution is 0.423. The first-order valence-electron chi connectivity index (χ1n) is 8.06.